The number of rotatable bonds is 22. The number of benzene rings is 1. The third-order valence-corrected chi connectivity index (χ3v) is 6.88. The Balaban J connectivity index is 3.24. The maximum Gasteiger partial charge on any atom is 0.312 e. The first-order valence-corrected chi connectivity index (χ1v) is 16.1. The summed E-state index contributed by atoms with van der Waals surface area (Å²) in [5, 5.41) is 22.8. The van der Waals surface area contributed by atoms with Crippen molar-refractivity contribution in [2.45, 2.75) is 98.0 Å². The third-order valence-electron chi connectivity index (χ3n) is 6.88. The molecule has 0 aromatic heterocycles. The van der Waals surface area contributed by atoms with Gasteiger partial charge in [0.15, 0.2) is 0 Å². The van der Waals surface area contributed by atoms with Gasteiger partial charge in [0.1, 0.15) is 31.0 Å². The van der Waals surface area contributed by atoms with Gasteiger partial charge in [0, 0.05) is 25.6 Å². The summed E-state index contributed by atoms with van der Waals surface area (Å²) < 4.78 is 11.0. The number of ether oxygens (including phenoxy) is 2. The van der Waals surface area contributed by atoms with E-state index in [1.54, 1.807) is 45.9 Å². The summed E-state index contributed by atoms with van der Waals surface area (Å²) in [4.78, 5) is 74.7. The first-order chi connectivity index (χ1) is 22.5. The summed E-state index contributed by atoms with van der Waals surface area (Å²) >= 11 is 0. The molecule has 0 aliphatic rings. The molecule has 16 nitrogen and oxygen atoms in total. The van der Waals surface area contributed by atoms with Crippen LogP contribution >= 0.6 is 0 Å². The number of amides is 5. The molecule has 0 saturated carbocycles. The highest BCUT2D eigenvalue weighted by molar-refractivity contribution is 5.99. The second kappa shape index (κ2) is 21.4. The van der Waals surface area contributed by atoms with Gasteiger partial charge < -0.3 is 52.6 Å². The van der Waals surface area contributed by atoms with E-state index in [9.17, 15) is 28.8 Å². The molecule has 48 heavy (non-hydrogen) atoms. The number of anilines is 1. The van der Waals surface area contributed by atoms with E-state index in [4.69, 9.17) is 26.0 Å². The lowest BCUT2D eigenvalue weighted by Crippen LogP contribution is -2.58. The molecule has 0 aliphatic heterocycles. The Hall–Kier alpha value is -4.44. The van der Waals surface area contributed by atoms with E-state index in [1.807, 2.05) is 13.8 Å². The highest BCUT2D eigenvalue weighted by Crippen LogP contribution is 2.27. The lowest BCUT2D eigenvalue weighted by Gasteiger charge is -2.28. The lowest BCUT2D eigenvalue weighted by molar-refractivity contribution is -0.148. The molecule has 16 heteroatoms. The number of aliphatic carboxylic acids is 1. The van der Waals surface area contributed by atoms with Crippen LogP contribution in [0, 0.1) is 11.8 Å². The fourth-order valence-electron chi connectivity index (χ4n) is 4.39. The summed E-state index contributed by atoms with van der Waals surface area (Å²) in [6, 6.07) is 0.926. The number of primary amides is 1. The minimum atomic E-state index is -1.11. The van der Waals surface area contributed by atoms with Gasteiger partial charge in [-0.25, -0.2) is 4.79 Å². The molecule has 0 heterocycles. The van der Waals surface area contributed by atoms with Crippen molar-refractivity contribution in [3.8, 4) is 5.75 Å². The van der Waals surface area contributed by atoms with Crippen molar-refractivity contribution in [1.82, 2.24) is 21.3 Å². The molecule has 0 radical (unpaired) electrons. The van der Waals surface area contributed by atoms with Crippen LogP contribution in [-0.2, 0) is 35.3 Å². The molecule has 1 aromatic rings. The number of esters is 1. The molecule has 0 fully saturated rings. The minimum absolute atomic E-state index is 0.0111. The first kappa shape index (κ1) is 41.6. The van der Waals surface area contributed by atoms with Crippen LogP contribution < -0.4 is 42.8 Å². The van der Waals surface area contributed by atoms with Crippen LogP contribution in [0.15, 0.2) is 18.2 Å². The topological polar surface area (TPSA) is 253 Å². The quantitative estimate of drug-likeness (QED) is 0.0633. The molecule has 3 atom stereocenters. The van der Waals surface area contributed by atoms with Gasteiger partial charge in [-0.1, -0.05) is 47.6 Å². The predicted molar refractivity (Wildman–Crippen MR) is 179 cm³/mol. The van der Waals surface area contributed by atoms with E-state index in [2.05, 4.69) is 26.6 Å². The molecular weight excluding hydrogens is 626 g/mol. The van der Waals surface area contributed by atoms with Gasteiger partial charge in [0.25, 0.3) is 0 Å². The molecule has 0 spiro atoms. The Morgan fingerprint density at radius 2 is 1.58 bits per heavy atom. The molecule has 1 aromatic carbocycles. The molecule has 5 amide bonds. The number of nitrogens with one attached hydrogen (secondary N) is 5. The molecular formula is C32H53N7O9. The number of nitrogens with two attached hydrogens (primary N) is 2. The Bertz CT molecular complexity index is 1240. The van der Waals surface area contributed by atoms with Crippen LogP contribution in [0.25, 0.3) is 0 Å². The summed E-state index contributed by atoms with van der Waals surface area (Å²) in [5.41, 5.74) is 11.7. The van der Waals surface area contributed by atoms with Crippen molar-refractivity contribution >= 4 is 41.4 Å². The highest BCUT2D eigenvalue weighted by Gasteiger charge is 2.31. The van der Waals surface area contributed by atoms with E-state index >= 15 is 0 Å². The average molecular weight is 680 g/mol. The summed E-state index contributed by atoms with van der Waals surface area (Å²) in [6.07, 6.45) is 0.122. The zero-order valence-corrected chi connectivity index (χ0v) is 28.7. The van der Waals surface area contributed by atoms with Gasteiger partial charge in [0.05, 0.1) is 17.6 Å². The normalized spacial score (nSPS) is 13.0. The number of urea groups is 1. The minimum Gasteiger partial charge on any atom is -0.490 e. The molecule has 0 aliphatic carbocycles. The van der Waals surface area contributed by atoms with Gasteiger partial charge >= 0.3 is 18.0 Å². The number of carbonyl (C=O) groups is 6. The Labute approximate surface area is 281 Å². The standard InChI is InChI=1S/C32H53N7O9/c1-18(2)27(39-29(43)24(36-20(5)6)11-12-26(40)41)30(44)38-23(8-7-14-35-32(34)46)28(42)37-22-10-9-21(16-25(22)47-15-13-33)17-48-31(45)19(3)4/h9-10,16,18-20,23-24,27,36H,7-8,11-15,17,33H2,1-6H3,(H,37,42)(H,38,44)(H,39,43)(H,40,41)(H3,34,35,46)/t23-,24-,27-/m0/s1. The van der Waals surface area contributed by atoms with Crippen molar-refractivity contribution < 1.29 is 43.3 Å². The second-order valence-corrected chi connectivity index (χ2v) is 12.3. The van der Waals surface area contributed by atoms with Gasteiger partial charge in [-0.15, -0.1) is 0 Å². The number of carboxylic acids is 1. The predicted octanol–water partition coefficient (Wildman–Crippen LogP) is 0.967. The van der Waals surface area contributed by atoms with Gasteiger partial charge in [-0.05, 0) is 42.9 Å². The number of hydrogen-bond acceptors (Lipinski definition) is 10. The Morgan fingerprint density at radius 1 is 0.896 bits per heavy atom. The zero-order valence-electron chi connectivity index (χ0n) is 28.7. The van der Waals surface area contributed by atoms with E-state index in [1.165, 1.54) is 0 Å². The fraction of sp³-hybridized carbons (Fsp3) is 0.625. The van der Waals surface area contributed by atoms with Crippen LogP contribution in [0.2, 0.25) is 0 Å². The molecule has 10 N–H and O–H groups in total. The number of carboxylic acid groups (broad SMARTS) is 1. The van der Waals surface area contributed by atoms with Crippen molar-refractivity contribution in [3.63, 3.8) is 0 Å². The summed E-state index contributed by atoms with van der Waals surface area (Å²) in [6.45, 7) is 11.0. The Morgan fingerprint density at radius 3 is 2.15 bits per heavy atom. The van der Waals surface area contributed by atoms with E-state index in [0.29, 0.717) is 5.56 Å². The number of hydrogen-bond donors (Lipinski definition) is 8. The van der Waals surface area contributed by atoms with E-state index < -0.39 is 53.8 Å². The maximum absolute atomic E-state index is 13.6. The average Bonchev–Trinajstić information content (AvgIpc) is 3.00. The van der Waals surface area contributed by atoms with Crippen molar-refractivity contribution in [1.29, 1.82) is 0 Å². The smallest absolute Gasteiger partial charge is 0.312 e. The SMILES string of the molecule is CC(C)N[C@@H](CCC(=O)O)C(=O)N[C@H](C(=O)N[C@@H](CCCNC(N)=O)C(=O)Nc1ccc(COC(=O)C(C)C)cc1OCCN)C(C)C. The van der Waals surface area contributed by atoms with Gasteiger partial charge in [0.2, 0.25) is 17.7 Å². The summed E-state index contributed by atoms with van der Waals surface area (Å²) in [7, 11) is 0. The van der Waals surface area contributed by atoms with Crippen LogP contribution in [0.5, 0.6) is 5.75 Å². The highest BCUT2D eigenvalue weighted by atomic mass is 16.5. The van der Waals surface area contributed by atoms with Gasteiger partial charge in [-0.2, -0.15) is 0 Å². The van der Waals surface area contributed by atoms with E-state index in [0.717, 1.165) is 0 Å². The van der Waals surface area contributed by atoms with Crippen molar-refractivity contribution in [3.05, 3.63) is 23.8 Å². The zero-order chi connectivity index (χ0) is 36.4. The van der Waals surface area contributed by atoms with Crippen LogP contribution in [-0.4, -0.2) is 84.7 Å². The first-order valence-electron chi connectivity index (χ1n) is 16.1. The monoisotopic (exact) mass is 679 g/mol. The third kappa shape index (κ3) is 15.9. The van der Waals surface area contributed by atoms with Crippen LogP contribution in [0.1, 0.15) is 72.8 Å². The van der Waals surface area contributed by atoms with E-state index in [-0.39, 0.29) is 81.4 Å². The van der Waals surface area contributed by atoms with Crippen molar-refractivity contribution in [2.24, 2.45) is 23.3 Å². The molecule has 1 rings (SSSR count). The maximum atomic E-state index is 13.6. The van der Waals surface area contributed by atoms with Gasteiger partial charge in [-0.3, -0.25) is 24.0 Å². The molecule has 270 valence electrons. The molecule has 0 unspecified atom stereocenters. The summed E-state index contributed by atoms with van der Waals surface area (Å²) in [5.74, 6) is -3.65. The fourth-order valence-corrected chi connectivity index (χ4v) is 4.39. The lowest BCUT2D eigenvalue weighted by atomic mass is 10.0. The second-order valence-electron chi connectivity index (χ2n) is 12.3. The molecule has 0 saturated heterocycles. The van der Waals surface area contributed by atoms with Crippen LogP contribution in [0.4, 0.5) is 10.5 Å². The number of carbonyl (C=O) groups excluding carboxylic acids is 5. The molecule has 0 bridgehead atoms. The largest absolute Gasteiger partial charge is 0.490 e. The Kier molecular flexibility index (Phi) is 18.6. The van der Waals surface area contributed by atoms with Crippen molar-refractivity contribution in [2.75, 3.05) is 25.0 Å². The van der Waals surface area contributed by atoms with Crippen LogP contribution in [0.3, 0.4) is 0 Å².